The summed E-state index contributed by atoms with van der Waals surface area (Å²) in [5.74, 6) is -1.13. The average molecular weight is 405 g/mol. The second kappa shape index (κ2) is 7.97. The minimum absolute atomic E-state index is 0.0152. The minimum Gasteiger partial charge on any atom is -0.463 e. The van der Waals surface area contributed by atoms with Crippen molar-refractivity contribution in [1.82, 2.24) is 5.32 Å². The lowest BCUT2D eigenvalue weighted by Crippen LogP contribution is -2.38. The summed E-state index contributed by atoms with van der Waals surface area (Å²) in [7, 11) is 0. The highest BCUT2D eigenvalue weighted by molar-refractivity contribution is 6.04. The first-order valence-electron chi connectivity index (χ1n) is 9.59. The molecule has 1 N–H and O–H groups in total. The van der Waals surface area contributed by atoms with E-state index in [0.717, 1.165) is 5.70 Å². The number of nitrogens with one attached hydrogen (secondary N) is 1. The van der Waals surface area contributed by atoms with Crippen LogP contribution in [0.2, 0.25) is 0 Å². The van der Waals surface area contributed by atoms with Gasteiger partial charge in [-0.3, -0.25) is 4.79 Å². The fourth-order valence-corrected chi connectivity index (χ4v) is 4.09. The first kappa shape index (κ1) is 21.0. The van der Waals surface area contributed by atoms with Gasteiger partial charge < -0.3 is 14.8 Å². The predicted molar refractivity (Wildman–Crippen MR) is 103 cm³/mol. The molecule has 0 aromatic heterocycles. The monoisotopic (exact) mass is 405 g/mol. The second-order valence-electron chi connectivity index (χ2n) is 8.10. The third-order valence-corrected chi connectivity index (χ3v) is 5.17. The third kappa shape index (κ3) is 4.33. The number of benzene rings is 1. The van der Waals surface area contributed by atoms with E-state index in [0.29, 0.717) is 35.2 Å². The van der Waals surface area contributed by atoms with Gasteiger partial charge >= 0.3 is 12.6 Å². The number of halogens is 2. The number of Topliss-reactive ketones (excluding diaryl/α,β-unsaturated/α-hetero) is 1. The van der Waals surface area contributed by atoms with Gasteiger partial charge in [-0.2, -0.15) is 8.78 Å². The van der Waals surface area contributed by atoms with Crippen molar-refractivity contribution in [1.29, 1.82) is 0 Å². The normalized spacial score (nSPS) is 21.1. The summed E-state index contributed by atoms with van der Waals surface area (Å²) in [6.07, 6.45) is 1.04. The molecule has 0 amide bonds. The smallest absolute Gasteiger partial charge is 0.387 e. The first-order chi connectivity index (χ1) is 13.6. The zero-order valence-corrected chi connectivity index (χ0v) is 17.0. The largest absolute Gasteiger partial charge is 0.463 e. The molecule has 3 rings (SSSR count). The van der Waals surface area contributed by atoms with Crippen molar-refractivity contribution in [3.63, 3.8) is 0 Å². The molecule has 1 aliphatic carbocycles. The van der Waals surface area contributed by atoms with Crippen LogP contribution in [0.4, 0.5) is 8.78 Å². The summed E-state index contributed by atoms with van der Waals surface area (Å²) in [6.45, 7) is 4.84. The van der Waals surface area contributed by atoms with Crippen molar-refractivity contribution in [3.05, 3.63) is 52.4 Å². The maximum atomic E-state index is 13.1. The number of allylic oxidation sites excluding steroid dienone is 3. The third-order valence-electron chi connectivity index (χ3n) is 5.17. The number of carbonyl (C=O) groups is 2. The molecule has 7 heteroatoms. The van der Waals surface area contributed by atoms with E-state index >= 15 is 0 Å². The Hall–Kier alpha value is -2.70. The molecule has 0 unspecified atom stereocenters. The van der Waals surface area contributed by atoms with Crippen LogP contribution in [0.5, 0.6) is 5.75 Å². The van der Waals surface area contributed by atoms with Crippen molar-refractivity contribution >= 4 is 11.8 Å². The summed E-state index contributed by atoms with van der Waals surface area (Å²) in [4.78, 5) is 25.8. The van der Waals surface area contributed by atoms with Gasteiger partial charge in [0.1, 0.15) is 5.75 Å². The van der Waals surface area contributed by atoms with Crippen molar-refractivity contribution in [2.75, 3.05) is 6.61 Å². The highest BCUT2D eigenvalue weighted by Crippen LogP contribution is 2.46. The quantitative estimate of drug-likeness (QED) is 0.733. The molecule has 156 valence electrons. The van der Waals surface area contributed by atoms with Crippen LogP contribution in [0, 0.1) is 5.41 Å². The Morgan fingerprint density at radius 3 is 2.48 bits per heavy atom. The lowest BCUT2D eigenvalue weighted by Gasteiger charge is -2.39. The van der Waals surface area contributed by atoms with Gasteiger partial charge in [-0.15, -0.1) is 0 Å². The van der Waals surface area contributed by atoms with Crippen molar-refractivity contribution in [3.8, 4) is 5.75 Å². The number of dihydropyridines is 1. The van der Waals surface area contributed by atoms with E-state index in [1.807, 2.05) is 13.8 Å². The van der Waals surface area contributed by atoms with Crippen LogP contribution in [0.15, 0.2) is 46.8 Å². The van der Waals surface area contributed by atoms with Gasteiger partial charge in [0, 0.05) is 29.3 Å². The highest BCUT2D eigenvalue weighted by Gasteiger charge is 2.43. The Kier molecular flexibility index (Phi) is 5.78. The molecule has 1 atom stereocenters. The molecule has 2 aliphatic rings. The maximum Gasteiger partial charge on any atom is 0.387 e. The van der Waals surface area contributed by atoms with Gasteiger partial charge in [-0.25, -0.2) is 4.79 Å². The molecule has 0 radical (unpaired) electrons. The van der Waals surface area contributed by atoms with E-state index in [-0.39, 0.29) is 23.6 Å². The molecule has 1 heterocycles. The summed E-state index contributed by atoms with van der Waals surface area (Å²) in [6, 6.07) is 6.05. The Labute approximate surface area is 168 Å². The lowest BCUT2D eigenvalue weighted by molar-refractivity contribution is -0.138. The SMILES string of the molecule is CCOC(=O)C1=C(C)NC2=C(C(=O)CC(C)(C)C2)[C@H]1c1ccc(OC(F)F)cc1. The summed E-state index contributed by atoms with van der Waals surface area (Å²) in [5, 5.41) is 3.24. The van der Waals surface area contributed by atoms with Gasteiger partial charge in [0.2, 0.25) is 0 Å². The zero-order chi connectivity index (χ0) is 21.3. The predicted octanol–water partition coefficient (Wildman–Crippen LogP) is 4.46. The van der Waals surface area contributed by atoms with Crippen molar-refractivity contribution < 1.29 is 27.8 Å². The van der Waals surface area contributed by atoms with Crippen LogP contribution in [0.3, 0.4) is 0 Å². The van der Waals surface area contributed by atoms with Gasteiger partial charge in [0.05, 0.1) is 12.2 Å². The zero-order valence-electron chi connectivity index (χ0n) is 17.0. The number of ether oxygens (including phenoxy) is 2. The summed E-state index contributed by atoms with van der Waals surface area (Å²) < 4.78 is 34.6. The number of ketones is 1. The summed E-state index contributed by atoms with van der Waals surface area (Å²) in [5.41, 5.74) is 2.79. The van der Waals surface area contributed by atoms with Gasteiger partial charge in [0.15, 0.2) is 5.78 Å². The number of hydrogen-bond acceptors (Lipinski definition) is 5. The molecule has 29 heavy (non-hydrogen) atoms. The molecule has 0 saturated carbocycles. The Bertz CT molecular complexity index is 885. The number of hydrogen-bond donors (Lipinski definition) is 1. The standard InChI is InChI=1S/C22H25F2NO4/c1-5-28-20(27)17-12(2)25-15-10-22(3,4)11-16(26)19(15)18(17)13-6-8-14(9-7-13)29-21(23)24/h6-9,18,21,25H,5,10-11H2,1-4H3/t18-/m0/s1. The average Bonchev–Trinajstić information content (AvgIpc) is 2.59. The van der Waals surface area contributed by atoms with E-state index in [1.54, 1.807) is 26.0 Å². The van der Waals surface area contributed by atoms with Crippen LogP contribution in [-0.4, -0.2) is 25.0 Å². The van der Waals surface area contributed by atoms with Crippen LogP contribution in [0.1, 0.15) is 52.0 Å². The number of esters is 1. The molecule has 0 fully saturated rings. The highest BCUT2D eigenvalue weighted by atomic mass is 19.3. The van der Waals surface area contributed by atoms with Gasteiger partial charge in [-0.05, 0) is 43.4 Å². The maximum absolute atomic E-state index is 13.1. The topological polar surface area (TPSA) is 64.6 Å². The van der Waals surface area contributed by atoms with Crippen LogP contribution in [0.25, 0.3) is 0 Å². The van der Waals surface area contributed by atoms with Crippen molar-refractivity contribution in [2.45, 2.75) is 53.1 Å². The van der Waals surface area contributed by atoms with Gasteiger partial charge in [-0.1, -0.05) is 26.0 Å². The van der Waals surface area contributed by atoms with Crippen LogP contribution < -0.4 is 10.1 Å². The van der Waals surface area contributed by atoms with E-state index in [1.165, 1.54) is 12.1 Å². The molecule has 0 bridgehead atoms. The first-order valence-corrected chi connectivity index (χ1v) is 9.59. The molecule has 0 spiro atoms. The molecule has 5 nitrogen and oxygen atoms in total. The second-order valence-corrected chi connectivity index (χ2v) is 8.10. The van der Waals surface area contributed by atoms with E-state index in [9.17, 15) is 18.4 Å². The number of carbonyl (C=O) groups excluding carboxylic acids is 2. The molecule has 1 aliphatic heterocycles. The summed E-state index contributed by atoms with van der Waals surface area (Å²) >= 11 is 0. The molecule has 0 saturated heterocycles. The number of alkyl halides is 2. The fraction of sp³-hybridized carbons (Fsp3) is 0.455. The molecular weight excluding hydrogens is 380 g/mol. The minimum atomic E-state index is -2.92. The number of rotatable bonds is 5. The molecule has 1 aromatic carbocycles. The molecule has 1 aromatic rings. The fourth-order valence-electron chi connectivity index (χ4n) is 4.09. The molecular formula is C22H25F2NO4. The Morgan fingerprint density at radius 2 is 1.90 bits per heavy atom. The van der Waals surface area contributed by atoms with Gasteiger partial charge in [0.25, 0.3) is 0 Å². The van der Waals surface area contributed by atoms with Crippen molar-refractivity contribution in [2.24, 2.45) is 5.41 Å². The van der Waals surface area contributed by atoms with E-state index in [2.05, 4.69) is 10.1 Å². The van der Waals surface area contributed by atoms with Crippen LogP contribution in [-0.2, 0) is 14.3 Å². The Balaban J connectivity index is 2.10. The van der Waals surface area contributed by atoms with E-state index < -0.39 is 18.5 Å². The Morgan fingerprint density at radius 1 is 1.24 bits per heavy atom. The van der Waals surface area contributed by atoms with E-state index in [4.69, 9.17) is 4.74 Å². The lowest BCUT2D eigenvalue weighted by atomic mass is 9.68. The van der Waals surface area contributed by atoms with Crippen LogP contribution >= 0.6 is 0 Å².